The number of rotatable bonds is 1. The summed E-state index contributed by atoms with van der Waals surface area (Å²) in [6, 6.07) is 0.436. The smallest absolute Gasteiger partial charge is 0.507 e. The molecule has 0 amide bonds. The van der Waals surface area contributed by atoms with Crippen molar-refractivity contribution in [1.29, 1.82) is 0 Å². The Bertz CT molecular complexity index is 694. The van der Waals surface area contributed by atoms with Crippen LogP contribution in [0.2, 0.25) is 0 Å². The van der Waals surface area contributed by atoms with E-state index in [0.717, 1.165) is 0 Å². The Morgan fingerprint density at radius 3 is 2.05 bits per heavy atom. The second-order valence-electron chi connectivity index (χ2n) is 3.66. The lowest BCUT2D eigenvalue weighted by molar-refractivity contribution is -0.275. The van der Waals surface area contributed by atoms with Gasteiger partial charge in [0.1, 0.15) is 5.75 Å². The molecule has 0 heterocycles. The minimum atomic E-state index is -5.31. The molecule has 2 rings (SSSR count). The van der Waals surface area contributed by atoms with Gasteiger partial charge in [-0.15, -0.1) is 13.2 Å². The van der Waals surface area contributed by atoms with Crippen molar-refractivity contribution in [3.63, 3.8) is 0 Å². The third-order valence-electron chi connectivity index (χ3n) is 2.37. The quantitative estimate of drug-likeness (QED) is 0.637. The number of fused-ring (bicyclic) bond motifs is 1. The summed E-state index contributed by atoms with van der Waals surface area (Å²) in [6.07, 6.45) is -5.31. The molecule has 0 aliphatic heterocycles. The zero-order chi connectivity index (χ0) is 15.2. The third kappa shape index (κ3) is 2.30. The highest BCUT2D eigenvalue weighted by Gasteiger charge is 2.34. The molecule has 0 bridgehead atoms. The van der Waals surface area contributed by atoms with Crippen LogP contribution in [0.1, 0.15) is 0 Å². The summed E-state index contributed by atoms with van der Waals surface area (Å²) < 4.78 is 92.2. The molecular formula is C11H3F7O2. The van der Waals surface area contributed by atoms with Gasteiger partial charge in [-0.1, -0.05) is 0 Å². The average molecular weight is 300 g/mol. The monoisotopic (exact) mass is 300 g/mol. The van der Waals surface area contributed by atoms with Gasteiger partial charge in [-0.2, -0.15) is 0 Å². The highest BCUT2D eigenvalue weighted by Crippen LogP contribution is 2.38. The summed E-state index contributed by atoms with van der Waals surface area (Å²) in [5, 5.41) is 7.17. The first-order valence-electron chi connectivity index (χ1n) is 4.86. The lowest BCUT2D eigenvalue weighted by atomic mass is 10.1. The van der Waals surface area contributed by atoms with Gasteiger partial charge in [0.2, 0.25) is 0 Å². The van der Waals surface area contributed by atoms with Gasteiger partial charge in [0.05, 0.1) is 5.39 Å². The molecule has 0 aliphatic rings. The summed E-state index contributed by atoms with van der Waals surface area (Å²) in [7, 11) is 0. The van der Waals surface area contributed by atoms with Crippen LogP contribution in [0.3, 0.4) is 0 Å². The van der Waals surface area contributed by atoms with Crippen LogP contribution < -0.4 is 4.74 Å². The Balaban J connectivity index is 2.81. The minimum Gasteiger partial charge on any atom is -0.507 e. The van der Waals surface area contributed by atoms with Crippen molar-refractivity contribution < 1.29 is 40.6 Å². The zero-order valence-corrected chi connectivity index (χ0v) is 9.16. The Kier molecular flexibility index (Phi) is 3.15. The Hall–Kier alpha value is -2.19. The highest BCUT2D eigenvalue weighted by molar-refractivity contribution is 5.90. The summed E-state index contributed by atoms with van der Waals surface area (Å²) >= 11 is 0. The van der Waals surface area contributed by atoms with Gasteiger partial charge in [-0.25, -0.2) is 17.6 Å². The SMILES string of the molecule is Oc1cc(OC(F)(F)F)c(F)c2c(F)c(F)c(F)cc12. The molecule has 0 atom stereocenters. The maximum Gasteiger partial charge on any atom is 0.573 e. The Morgan fingerprint density at radius 1 is 0.900 bits per heavy atom. The van der Waals surface area contributed by atoms with E-state index in [1.165, 1.54) is 0 Å². The standard InChI is InChI=1S/C11H3F7O2/c12-4-1-3-5(19)2-6(20-11(16,17)18)9(14)7(3)10(15)8(4)13/h1-2,19H. The van der Waals surface area contributed by atoms with E-state index in [0.29, 0.717) is 0 Å². The second kappa shape index (κ2) is 4.43. The first-order chi connectivity index (χ1) is 9.11. The third-order valence-corrected chi connectivity index (χ3v) is 2.37. The minimum absolute atomic E-state index is 0.182. The lowest BCUT2D eigenvalue weighted by Gasteiger charge is -2.13. The van der Waals surface area contributed by atoms with Gasteiger partial charge >= 0.3 is 6.36 Å². The molecule has 0 saturated heterocycles. The Morgan fingerprint density at radius 2 is 1.50 bits per heavy atom. The highest BCUT2D eigenvalue weighted by atomic mass is 19.4. The molecule has 0 spiro atoms. The Labute approximate surface area is 106 Å². The first kappa shape index (κ1) is 14.2. The van der Waals surface area contributed by atoms with Gasteiger partial charge in [-0.05, 0) is 6.07 Å². The molecular weight excluding hydrogens is 297 g/mol. The maximum atomic E-state index is 13.7. The number of ether oxygens (including phenoxy) is 1. The van der Waals surface area contributed by atoms with E-state index in [2.05, 4.69) is 4.74 Å². The fraction of sp³-hybridized carbons (Fsp3) is 0.0909. The predicted molar refractivity (Wildman–Crippen MR) is 52.1 cm³/mol. The molecule has 1 N–H and O–H groups in total. The number of alkyl halides is 3. The van der Waals surface area contributed by atoms with Crippen molar-refractivity contribution in [1.82, 2.24) is 0 Å². The second-order valence-corrected chi connectivity index (χ2v) is 3.66. The molecule has 20 heavy (non-hydrogen) atoms. The van der Waals surface area contributed by atoms with E-state index in [1.54, 1.807) is 0 Å². The van der Waals surface area contributed by atoms with Crippen molar-refractivity contribution in [3.8, 4) is 11.5 Å². The van der Waals surface area contributed by atoms with Gasteiger partial charge in [0, 0.05) is 11.5 Å². The van der Waals surface area contributed by atoms with E-state index >= 15 is 0 Å². The van der Waals surface area contributed by atoms with E-state index in [4.69, 9.17) is 0 Å². The lowest BCUT2D eigenvalue weighted by Crippen LogP contribution is -2.18. The number of hydrogen-bond acceptors (Lipinski definition) is 2. The maximum absolute atomic E-state index is 13.7. The normalized spacial score (nSPS) is 11.9. The number of aromatic hydroxyl groups is 1. The summed E-state index contributed by atoms with van der Waals surface area (Å²) in [5.74, 6) is -10.5. The number of halogens is 7. The van der Waals surface area contributed by atoms with Crippen LogP contribution in [0.5, 0.6) is 11.5 Å². The molecule has 0 aliphatic carbocycles. The molecule has 2 nitrogen and oxygen atoms in total. The summed E-state index contributed by atoms with van der Waals surface area (Å²) in [5.41, 5.74) is 0. The fourth-order valence-corrected chi connectivity index (χ4v) is 1.60. The van der Waals surface area contributed by atoms with Crippen LogP contribution in [0, 0.1) is 23.3 Å². The summed E-state index contributed by atoms with van der Waals surface area (Å²) in [4.78, 5) is 0. The number of phenolic OH excluding ortho intramolecular Hbond substituents is 1. The van der Waals surface area contributed by atoms with Crippen LogP contribution in [0.4, 0.5) is 30.7 Å². The van der Waals surface area contributed by atoms with E-state index in [9.17, 15) is 35.8 Å². The van der Waals surface area contributed by atoms with Crippen LogP contribution >= 0.6 is 0 Å². The van der Waals surface area contributed by atoms with Crippen molar-refractivity contribution in [3.05, 3.63) is 35.4 Å². The molecule has 0 aromatic heterocycles. The number of phenols is 1. The first-order valence-corrected chi connectivity index (χ1v) is 4.86. The fourth-order valence-electron chi connectivity index (χ4n) is 1.60. The average Bonchev–Trinajstić information content (AvgIpc) is 2.30. The molecule has 0 fully saturated rings. The summed E-state index contributed by atoms with van der Waals surface area (Å²) in [6.45, 7) is 0. The molecule has 0 saturated carbocycles. The van der Waals surface area contributed by atoms with Crippen molar-refractivity contribution in [2.24, 2.45) is 0 Å². The zero-order valence-electron chi connectivity index (χ0n) is 9.16. The van der Waals surface area contributed by atoms with Gasteiger partial charge in [-0.3, -0.25) is 0 Å². The number of hydrogen-bond donors (Lipinski definition) is 1. The topological polar surface area (TPSA) is 29.5 Å². The molecule has 0 radical (unpaired) electrons. The van der Waals surface area contributed by atoms with Crippen molar-refractivity contribution in [2.75, 3.05) is 0 Å². The predicted octanol–water partition coefficient (Wildman–Crippen LogP) is 4.00. The molecule has 2 aromatic carbocycles. The largest absolute Gasteiger partial charge is 0.573 e. The molecule has 2 aromatic rings. The van der Waals surface area contributed by atoms with Crippen molar-refractivity contribution >= 4 is 10.8 Å². The molecule has 9 heteroatoms. The van der Waals surface area contributed by atoms with Crippen LogP contribution in [0.15, 0.2) is 12.1 Å². The van der Waals surface area contributed by atoms with Crippen molar-refractivity contribution in [2.45, 2.75) is 6.36 Å². The van der Waals surface area contributed by atoms with E-state index in [-0.39, 0.29) is 12.1 Å². The van der Waals surface area contributed by atoms with Crippen LogP contribution in [0.25, 0.3) is 10.8 Å². The van der Waals surface area contributed by atoms with E-state index < -0.39 is 51.9 Å². The molecule has 108 valence electrons. The van der Waals surface area contributed by atoms with Gasteiger partial charge in [0.25, 0.3) is 0 Å². The van der Waals surface area contributed by atoms with Crippen LogP contribution in [-0.4, -0.2) is 11.5 Å². The van der Waals surface area contributed by atoms with Gasteiger partial charge in [0.15, 0.2) is 29.0 Å². The molecule has 0 unspecified atom stereocenters. The van der Waals surface area contributed by atoms with Crippen LogP contribution in [-0.2, 0) is 0 Å². The van der Waals surface area contributed by atoms with Gasteiger partial charge < -0.3 is 9.84 Å². The van der Waals surface area contributed by atoms with E-state index in [1.807, 2.05) is 0 Å². The number of benzene rings is 2.